The lowest BCUT2D eigenvalue weighted by Crippen LogP contribution is -2.48. The first-order valence-electron chi connectivity index (χ1n) is 7.13. The summed E-state index contributed by atoms with van der Waals surface area (Å²) in [6, 6.07) is 6.54. The number of anilines is 1. The lowest BCUT2D eigenvalue weighted by molar-refractivity contribution is -0.131. The SMILES string of the molecule is CNCCCC(=O)N1CCN(c2ccc(F)cc2)CC1. The molecule has 0 atom stereocenters. The summed E-state index contributed by atoms with van der Waals surface area (Å²) >= 11 is 0. The third-order valence-corrected chi connectivity index (χ3v) is 3.64. The van der Waals surface area contributed by atoms with Gasteiger partial charge in [-0.05, 0) is 44.3 Å². The van der Waals surface area contributed by atoms with Gasteiger partial charge in [-0.3, -0.25) is 4.79 Å². The Balaban J connectivity index is 1.80. The van der Waals surface area contributed by atoms with Gasteiger partial charge in [0.2, 0.25) is 5.91 Å². The Bertz CT molecular complexity index is 427. The van der Waals surface area contributed by atoms with Crippen LogP contribution >= 0.6 is 0 Å². The summed E-state index contributed by atoms with van der Waals surface area (Å²) in [4.78, 5) is 16.1. The Morgan fingerprint density at radius 2 is 1.85 bits per heavy atom. The summed E-state index contributed by atoms with van der Waals surface area (Å²) in [5.41, 5.74) is 1.02. The second kappa shape index (κ2) is 7.24. The number of amides is 1. The highest BCUT2D eigenvalue weighted by Crippen LogP contribution is 2.17. The van der Waals surface area contributed by atoms with Gasteiger partial charge in [-0.1, -0.05) is 0 Å². The number of carbonyl (C=O) groups excluding carboxylic acids is 1. The van der Waals surface area contributed by atoms with Gasteiger partial charge in [0, 0.05) is 38.3 Å². The summed E-state index contributed by atoms with van der Waals surface area (Å²) in [7, 11) is 1.89. The van der Waals surface area contributed by atoms with Gasteiger partial charge in [0.15, 0.2) is 0 Å². The first-order valence-corrected chi connectivity index (χ1v) is 7.13. The predicted molar refractivity (Wildman–Crippen MR) is 78.4 cm³/mol. The van der Waals surface area contributed by atoms with E-state index in [1.807, 2.05) is 11.9 Å². The van der Waals surface area contributed by atoms with Crippen LogP contribution in [0.4, 0.5) is 10.1 Å². The highest BCUT2D eigenvalue weighted by atomic mass is 19.1. The fourth-order valence-electron chi connectivity index (χ4n) is 2.44. The smallest absolute Gasteiger partial charge is 0.222 e. The third kappa shape index (κ3) is 3.93. The molecule has 110 valence electrons. The quantitative estimate of drug-likeness (QED) is 0.829. The van der Waals surface area contributed by atoms with E-state index in [0.717, 1.165) is 44.8 Å². The number of piperazine rings is 1. The molecular weight excluding hydrogens is 257 g/mol. The van der Waals surface area contributed by atoms with E-state index in [9.17, 15) is 9.18 Å². The Kier molecular flexibility index (Phi) is 5.35. The van der Waals surface area contributed by atoms with E-state index in [-0.39, 0.29) is 11.7 Å². The first kappa shape index (κ1) is 14.8. The number of benzene rings is 1. The molecule has 1 fully saturated rings. The molecule has 1 heterocycles. The molecule has 5 heteroatoms. The zero-order chi connectivity index (χ0) is 14.4. The standard InChI is InChI=1S/C15H22FN3O/c1-17-8-2-3-15(20)19-11-9-18(10-12-19)14-6-4-13(16)5-7-14/h4-7,17H,2-3,8-12H2,1H3. The molecule has 1 aromatic carbocycles. The fraction of sp³-hybridized carbons (Fsp3) is 0.533. The average Bonchev–Trinajstić information content (AvgIpc) is 2.48. The van der Waals surface area contributed by atoms with Crippen LogP contribution in [0.25, 0.3) is 0 Å². The maximum absolute atomic E-state index is 12.9. The van der Waals surface area contributed by atoms with E-state index >= 15 is 0 Å². The molecule has 0 aromatic heterocycles. The molecule has 2 rings (SSSR count). The second-order valence-electron chi connectivity index (χ2n) is 5.05. The first-order chi connectivity index (χ1) is 9.70. The van der Waals surface area contributed by atoms with Gasteiger partial charge < -0.3 is 15.1 Å². The van der Waals surface area contributed by atoms with Crippen molar-refractivity contribution in [3.63, 3.8) is 0 Å². The van der Waals surface area contributed by atoms with E-state index in [1.54, 1.807) is 12.1 Å². The van der Waals surface area contributed by atoms with Crippen molar-refractivity contribution in [1.82, 2.24) is 10.2 Å². The van der Waals surface area contributed by atoms with Crippen LogP contribution in [0.15, 0.2) is 24.3 Å². The Labute approximate surface area is 119 Å². The number of carbonyl (C=O) groups is 1. The van der Waals surface area contributed by atoms with Crippen LogP contribution in [0.3, 0.4) is 0 Å². The molecular formula is C15H22FN3O. The van der Waals surface area contributed by atoms with Gasteiger partial charge in [0.05, 0.1) is 0 Å². The Morgan fingerprint density at radius 1 is 1.20 bits per heavy atom. The number of nitrogens with one attached hydrogen (secondary N) is 1. The molecule has 0 spiro atoms. The molecule has 1 N–H and O–H groups in total. The minimum absolute atomic E-state index is 0.216. The molecule has 20 heavy (non-hydrogen) atoms. The molecule has 0 aliphatic carbocycles. The van der Waals surface area contributed by atoms with Gasteiger partial charge >= 0.3 is 0 Å². The van der Waals surface area contributed by atoms with Gasteiger partial charge in [0.25, 0.3) is 0 Å². The number of hydrogen-bond acceptors (Lipinski definition) is 3. The molecule has 1 saturated heterocycles. The van der Waals surface area contributed by atoms with Gasteiger partial charge in [-0.25, -0.2) is 4.39 Å². The molecule has 1 aromatic rings. The van der Waals surface area contributed by atoms with Crippen LogP contribution in [0, 0.1) is 5.82 Å². The van der Waals surface area contributed by atoms with Gasteiger partial charge in [-0.2, -0.15) is 0 Å². The van der Waals surface area contributed by atoms with Crippen LogP contribution in [-0.2, 0) is 4.79 Å². The normalized spacial score (nSPS) is 15.5. The van der Waals surface area contributed by atoms with E-state index < -0.39 is 0 Å². The topological polar surface area (TPSA) is 35.6 Å². The molecule has 1 aliphatic heterocycles. The van der Waals surface area contributed by atoms with Crippen LogP contribution < -0.4 is 10.2 Å². The lowest BCUT2D eigenvalue weighted by Gasteiger charge is -2.36. The maximum Gasteiger partial charge on any atom is 0.222 e. The summed E-state index contributed by atoms with van der Waals surface area (Å²) in [5, 5.41) is 3.05. The minimum Gasteiger partial charge on any atom is -0.368 e. The largest absolute Gasteiger partial charge is 0.368 e. The van der Waals surface area contributed by atoms with E-state index in [0.29, 0.717) is 6.42 Å². The summed E-state index contributed by atoms with van der Waals surface area (Å²) in [6.07, 6.45) is 1.49. The predicted octanol–water partition coefficient (Wildman–Crippen LogP) is 1.47. The van der Waals surface area contributed by atoms with Crippen molar-refractivity contribution in [2.24, 2.45) is 0 Å². The third-order valence-electron chi connectivity index (χ3n) is 3.64. The molecule has 0 saturated carbocycles. The van der Waals surface area contributed by atoms with Crippen molar-refractivity contribution >= 4 is 11.6 Å². The van der Waals surface area contributed by atoms with Gasteiger partial charge in [0.1, 0.15) is 5.82 Å². The van der Waals surface area contributed by atoms with Crippen molar-refractivity contribution in [2.75, 3.05) is 44.7 Å². The van der Waals surface area contributed by atoms with Crippen LogP contribution in [-0.4, -0.2) is 50.6 Å². The zero-order valence-electron chi connectivity index (χ0n) is 11.9. The fourth-order valence-corrected chi connectivity index (χ4v) is 2.44. The second-order valence-corrected chi connectivity index (χ2v) is 5.05. The highest BCUT2D eigenvalue weighted by molar-refractivity contribution is 5.76. The van der Waals surface area contributed by atoms with Crippen molar-refractivity contribution in [2.45, 2.75) is 12.8 Å². The van der Waals surface area contributed by atoms with Crippen molar-refractivity contribution in [3.8, 4) is 0 Å². The number of hydrogen-bond donors (Lipinski definition) is 1. The average molecular weight is 279 g/mol. The molecule has 1 amide bonds. The maximum atomic E-state index is 12.9. The van der Waals surface area contributed by atoms with Crippen molar-refractivity contribution < 1.29 is 9.18 Å². The summed E-state index contributed by atoms with van der Waals surface area (Å²) in [6.45, 7) is 3.99. The molecule has 4 nitrogen and oxygen atoms in total. The molecule has 0 bridgehead atoms. The van der Waals surface area contributed by atoms with Gasteiger partial charge in [-0.15, -0.1) is 0 Å². The van der Waals surface area contributed by atoms with Crippen molar-refractivity contribution in [1.29, 1.82) is 0 Å². The minimum atomic E-state index is -0.216. The molecule has 0 unspecified atom stereocenters. The van der Waals surface area contributed by atoms with Crippen LogP contribution in [0.2, 0.25) is 0 Å². The van der Waals surface area contributed by atoms with Crippen molar-refractivity contribution in [3.05, 3.63) is 30.1 Å². The number of rotatable bonds is 5. The van der Waals surface area contributed by atoms with E-state index in [2.05, 4.69) is 10.2 Å². The molecule has 0 radical (unpaired) electrons. The van der Waals surface area contributed by atoms with Crippen LogP contribution in [0.1, 0.15) is 12.8 Å². The summed E-state index contributed by atoms with van der Waals surface area (Å²) < 4.78 is 12.9. The number of halogens is 1. The monoisotopic (exact) mass is 279 g/mol. The molecule has 1 aliphatic rings. The summed E-state index contributed by atoms with van der Waals surface area (Å²) in [5.74, 6) is 0.0195. The Morgan fingerprint density at radius 3 is 2.45 bits per heavy atom. The number of nitrogens with zero attached hydrogens (tertiary/aromatic N) is 2. The highest BCUT2D eigenvalue weighted by Gasteiger charge is 2.20. The van der Waals surface area contributed by atoms with Crippen LogP contribution in [0.5, 0.6) is 0 Å². The van der Waals surface area contributed by atoms with E-state index in [4.69, 9.17) is 0 Å². The zero-order valence-corrected chi connectivity index (χ0v) is 11.9. The lowest BCUT2D eigenvalue weighted by atomic mass is 10.2. The van der Waals surface area contributed by atoms with E-state index in [1.165, 1.54) is 12.1 Å². The Hall–Kier alpha value is -1.62.